The van der Waals surface area contributed by atoms with Gasteiger partial charge in [0.1, 0.15) is 5.75 Å². The van der Waals surface area contributed by atoms with Gasteiger partial charge in [-0.15, -0.1) is 0 Å². The Bertz CT molecular complexity index is 1270. The van der Waals surface area contributed by atoms with Crippen molar-refractivity contribution in [2.24, 2.45) is 0 Å². The molecule has 0 spiro atoms. The zero-order chi connectivity index (χ0) is 19.2. The second-order valence-electron chi connectivity index (χ2n) is 6.77. The minimum Gasteiger partial charge on any atom is -0.497 e. The van der Waals surface area contributed by atoms with Crippen LogP contribution in [0.15, 0.2) is 59.6 Å². The van der Waals surface area contributed by atoms with E-state index >= 15 is 0 Å². The lowest BCUT2D eigenvalue weighted by Crippen LogP contribution is -2.03. The molecule has 0 aliphatic rings. The topological polar surface area (TPSA) is 68.0 Å². The highest BCUT2D eigenvalue weighted by atomic mass is 32.2. The molecule has 6 heteroatoms. The minimum atomic E-state index is -2.71. The normalized spacial score (nSPS) is 13.7. The Balaban J connectivity index is 1.89. The number of benzene rings is 2. The Hall–Kier alpha value is -2.86. The molecule has 2 heterocycles. The fraction of sp³-hybridized carbons (Fsp3) is 0.190. The third-order valence-corrected chi connectivity index (χ3v) is 6.07. The molecule has 0 amide bonds. The number of aromatic nitrogens is 2. The standard InChI is InChI=1S/C21H21N3O2S/c1-14-11-17(27(3,22)25)8-6-15(14)13-24-19-9-7-16(26-2)12-18(19)21-20(24)5-4-10-23-21/h4-12,22H,13H2,1-3H3. The van der Waals surface area contributed by atoms with E-state index in [2.05, 4.69) is 21.7 Å². The summed E-state index contributed by atoms with van der Waals surface area (Å²) in [4.78, 5) is 5.14. The van der Waals surface area contributed by atoms with Gasteiger partial charge in [-0.1, -0.05) is 6.07 Å². The van der Waals surface area contributed by atoms with Gasteiger partial charge in [-0.2, -0.15) is 0 Å². The van der Waals surface area contributed by atoms with Gasteiger partial charge in [0.05, 0.1) is 33.4 Å². The quantitative estimate of drug-likeness (QED) is 0.564. The largest absolute Gasteiger partial charge is 0.497 e. The van der Waals surface area contributed by atoms with Gasteiger partial charge < -0.3 is 9.30 Å². The van der Waals surface area contributed by atoms with Crippen LogP contribution in [0, 0.1) is 11.7 Å². The van der Waals surface area contributed by atoms with E-state index in [9.17, 15) is 4.21 Å². The van der Waals surface area contributed by atoms with Crippen molar-refractivity contribution in [1.82, 2.24) is 9.55 Å². The average Bonchev–Trinajstić information content (AvgIpc) is 2.96. The predicted octanol–water partition coefficient (Wildman–Crippen LogP) is 4.59. The Morgan fingerprint density at radius 1 is 1.15 bits per heavy atom. The van der Waals surface area contributed by atoms with Crippen molar-refractivity contribution in [1.29, 1.82) is 4.78 Å². The number of nitrogens with one attached hydrogen (secondary N) is 1. The zero-order valence-electron chi connectivity index (χ0n) is 15.5. The molecule has 0 radical (unpaired) electrons. The molecule has 138 valence electrons. The summed E-state index contributed by atoms with van der Waals surface area (Å²) in [6.07, 6.45) is 3.26. The number of aryl methyl sites for hydroxylation is 1. The van der Waals surface area contributed by atoms with E-state index in [4.69, 9.17) is 9.52 Å². The zero-order valence-corrected chi connectivity index (χ0v) is 16.3. The van der Waals surface area contributed by atoms with Crippen molar-refractivity contribution in [3.63, 3.8) is 0 Å². The van der Waals surface area contributed by atoms with E-state index in [1.807, 2.05) is 37.3 Å². The van der Waals surface area contributed by atoms with Crippen LogP contribution in [0.1, 0.15) is 11.1 Å². The molecule has 0 bridgehead atoms. The molecule has 4 rings (SSSR count). The number of hydrogen-bond acceptors (Lipinski definition) is 4. The van der Waals surface area contributed by atoms with Crippen LogP contribution >= 0.6 is 0 Å². The van der Waals surface area contributed by atoms with Crippen molar-refractivity contribution in [2.45, 2.75) is 18.4 Å². The van der Waals surface area contributed by atoms with Crippen LogP contribution in [0.5, 0.6) is 5.75 Å². The maximum Gasteiger partial charge on any atom is 0.119 e. The van der Waals surface area contributed by atoms with E-state index in [0.717, 1.165) is 38.8 Å². The lowest BCUT2D eigenvalue weighted by atomic mass is 10.1. The third kappa shape index (κ3) is 3.06. The van der Waals surface area contributed by atoms with Crippen LogP contribution in [-0.2, 0) is 16.3 Å². The molecule has 4 aromatic rings. The van der Waals surface area contributed by atoms with Crippen molar-refractivity contribution in [3.8, 4) is 5.75 Å². The lowest BCUT2D eigenvalue weighted by Gasteiger charge is -2.12. The van der Waals surface area contributed by atoms with Crippen LogP contribution in [0.25, 0.3) is 21.9 Å². The Morgan fingerprint density at radius 2 is 1.96 bits per heavy atom. The smallest absolute Gasteiger partial charge is 0.119 e. The highest BCUT2D eigenvalue weighted by molar-refractivity contribution is 7.91. The highest BCUT2D eigenvalue weighted by Crippen LogP contribution is 2.31. The number of hydrogen-bond donors (Lipinski definition) is 1. The molecule has 1 unspecified atom stereocenters. The van der Waals surface area contributed by atoms with E-state index in [1.165, 1.54) is 6.26 Å². The molecule has 0 fully saturated rings. The highest BCUT2D eigenvalue weighted by Gasteiger charge is 2.14. The van der Waals surface area contributed by atoms with Crippen molar-refractivity contribution in [2.75, 3.05) is 13.4 Å². The SMILES string of the molecule is COc1ccc2c(c1)c1ncccc1n2Cc1ccc(S(C)(=N)=O)cc1C. The van der Waals surface area contributed by atoms with Gasteiger partial charge in [-0.05, 0) is 60.5 Å². The molecular weight excluding hydrogens is 358 g/mol. The van der Waals surface area contributed by atoms with Crippen LogP contribution in [0.4, 0.5) is 0 Å². The van der Waals surface area contributed by atoms with Crippen LogP contribution < -0.4 is 4.74 Å². The first-order valence-corrected chi connectivity index (χ1v) is 10.6. The van der Waals surface area contributed by atoms with E-state index in [-0.39, 0.29) is 0 Å². The monoisotopic (exact) mass is 379 g/mol. The minimum absolute atomic E-state index is 0.567. The molecule has 5 nitrogen and oxygen atoms in total. The summed E-state index contributed by atoms with van der Waals surface area (Å²) in [7, 11) is -1.05. The van der Waals surface area contributed by atoms with Gasteiger partial charge >= 0.3 is 0 Å². The second-order valence-corrected chi connectivity index (χ2v) is 8.93. The number of ether oxygens (including phenoxy) is 1. The molecule has 0 saturated carbocycles. The lowest BCUT2D eigenvalue weighted by molar-refractivity contribution is 0.415. The first-order chi connectivity index (χ1) is 12.9. The number of fused-ring (bicyclic) bond motifs is 3. The van der Waals surface area contributed by atoms with E-state index in [1.54, 1.807) is 19.4 Å². The number of pyridine rings is 1. The van der Waals surface area contributed by atoms with Gasteiger partial charge in [-0.25, -0.2) is 8.99 Å². The second kappa shape index (κ2) is 6.39. The molecule has 2 aromatic heterocycles. The molecule has 1 N–H and O–H groups in total. The predicted molar refractivity (Wildman–Crippen MR) is 109 cm³/mol. The maximum atomic E-state index is 12.0. The summed E-state index contributed by atoms with van der Waals surface area (Å²) >= 11 is 0. The molecule has 0 saturated heterocycles. The molecule has 2 aromatic carbocycles. The van der Waals surface area contributed by atoms with Crippen molar-refractivity contribution >= 4 is 31.7 Å². The Kier molecular flexibility index (Phi) is 4.15. The summed E-state index contributed by atoms with van der Waals surface area (Å²) < 4.78 is 27.4. The fourth-order valence-electron chi connectivity index (χ4n) is 3.45. The molecular formula is C21H21N3O2S. The number of nitrogens with zero attached hydrogens (tertiary/aromatic N) is 2. The van der Waals surface area contributed by atoms with Crippen molar-refractivity contribution in [3.05, 3.63) is 65.9 Å². The van der Waals surface area contributed by atoms with Crippen LogP contribution in [0.2, 0.25) is 0 Å². The van der Waals surface area contributed by atoms with Crippen LogP contribution in [-0.4, -0.2) is 27.1 Å². The fourth-order valence-corrected chi connectivity index (χ4v) is 4.18. The van der Waals surface area contributed by atoms with Gasteiger partial charge in [-0.3, -0.25) is 4.98 Å². The van der Waals surface area contributed by atoms with Gasteiger partial charge in [0.2, 0.25) is 0 Å². The van der Waals surface area contributed by atoms with Gasteiger partial charge in [0.15, 0.2) is 0 Å². The Labute approximate surface area is 158 Å². The molecule has 1 atom stereocenters. The van der Waals surface area contributed by atoms with E-state index < -0.39 is 9.73 Å². The van der Waals surface area contributed by atoms with Crippen molar-refractivity contribution < 1.29 is 8.95 Å². The summed E-state index contributed by atoms with van der Waals surface area (Å²) in [5.74, 6) is 0.806. The maximum absolute atomic E-state index is 12.0. The first kappa shape index (κ1) is 17.5. The summed E-state index contributed by atoms with van der Waals surface area (Å²) in [5, 5.41) is 1.06. The molecule has 27 heavy (non-hydrogen) atoms. The van der Waals surface area contributed by atoms with Gasteiger partial charge in [0, 0.05) is 29.3 Å². The summed E-state index contributed by atoms with van der Waals surface area (Å²) in [6.45, 7) is 2.67. The summed E-state index contributed by atoms with van der Waals surface area (Å²) in [5.41, 5.74) is 5.25. The molecule has 0 aliphatic carbocycles. The van der Waals surface area contributed by atoms with Gasteiger partial charge in [0.25, 0.3) is 0 Å². The van der Waals surface area contributed by atoms with Crippen LogP contribution in [0.3, 0.4) is 0 Å². The van der Waals surface area contributed by atoms with E-state index in [0.29, 0.717) is 11.4 Å². The summed E-state index contributed by atoms with van der Waals surface area (Å²) in [6, 6.07) is 15.7. The Morgan fingerprint density at radius 3 is 2.67 bits per heavy atom. The average molecular weight is 379 g/mol. The number of rotatable bonds is 4. The number of methoxy groups -OCH3 is 1. The first-order valence-electron chi connectivity index (χ1n) is 8.63. The third-order valence-electron chi connectivity index (χ3n) is 4.92. The molecule has 0 aliphatic heterocycles.